The fraction of sp³-hybridized carbons (Fsp3) is 0.333. The molecule has 0 radical (unpaired) electrons. The lowest BCUT2D eigenvalue weighted by Crippen LogP contribution is -2.47. The van der Waals surface area contributed by atoms with E-state index in [1.165, 1.54) is 5.56 Å². The molecule has 1 fully saturated rings. The number of piperazine rings is 1. The molecule has 2 heterocycles. The van der Waals surface area contributed by atoms with Crippen LogP contribution in [0.4, 0.5) is 5.69 Å². The number of aromatic nitrogens is 1. The summed E-state index contributed by atoms with van der Waals surface area (Å²) >= 11 is 0. The number of methoxy groups -OCH3 is 1. The van der Waals surface area contributed by atoms with Gasteiger partial charge in [0, 0.05) is 80.3 Å². The molecule has 0 saturated carbocycles. The Bertz CT molecular complexity index is 1940. The standard InChI is InChI=1S/C42H47N3O6/c1-4-50-38-13-8-7-12-36(38)44-26-24-43(25-27-44)23-21-37(31-17-15-30(2)16-18-31)51-39-20-19-32(28-40(39)49-3)42(48)34-29-45(22-9-14-41(46)47)35-11-6-5-10-33(34)35/h5-8,10-13,15-20,28-29,37H,4,9,14,21-27H2,1-3H3,(H,46,47). The van der Waals surface area contributed by atoms with Crippen molar-refractivity contribution in [2.75, 3.05) is 51.3 Å². The maximum Gasteiger partial charge on any atom is 0.303 e. The number of benzene rings is 4. The van der Waals surface area contributed by atoms with Gasteiger partial charge in [-0.05, 0) is 62.2 Å². The molecule has 1 aliphatic heterocycles. The lowest BCUT2D eigenvalue weighted by molar-refractivity contribution is -0.137. The lowest BCUT2D eigenvalue weighted by atomic mass is 10.0. The fourth-order valence-electron chi connectivity index (χ4n) is 6.81. The number of aryl methyl sites for hydroxylation is 2. The van der Waals surface area contributed by atoms with Gasteiger partial charge in [0.05, 0.1) is 19.4 Å². The maximum atomic E-state index is 13.9. The van der Waals surface area contributed by atoms with E-state index in [1.807, 2.05) is 60.2 Å². The van der Waals surface area contributed by atoms with Crippen molar-refractivity contribution in [1.29, 1.82) is 0 Å². The van der Waals surface area contributed by atoms with E-state index < -0.39 is 5.97 Å². The van der Waals surface area contributed by atoms with Gasteiger partial charge in [0.15, 0.2) is 17.3 Å². The van der Waals surface area contributed by atoms with E-state index in [9.17, 15) is 9.59 Å². The van der Waals surface area contributed by atoms with Crippen LogP contribution in [0.3, 0.4) is 0 Å². The molecule has 0 amide bonds. The third kappa shape index (κ3) is 8.55. The predicted octanol–water partition coefficient (Wildman–Crippen LogP) is 7.79. The number of fused-ring (bicyclic) bond motifs is 1. The van der Waals surface area contributed by atoms with Gasteiger partial charge in [0.25, 0.3) is 0 Å². The molecule has 1 saturated heterocycles. The van der Waals surface area contributed by atoms with Crippen LogP contribution in [-0.2, 0) is 11.3 Å². The summed E-state index contributed by atoms with van der Waals surface area (Å²) in [4.78, 5) is 29.9. The monoisotopic (exact) mass is 689 g/mol. The summed E-state index contributed by atoms with van der Waals surface area (Å²) in [5.41, 5.74) is 5.37. The van der Waals surface area contributed by atoms with Crippen molar-refractivity contribution in [2.24, 2.45) is 0 Å². The first-order chi connectivity index (χ1) is 24.8. The zero-order valence-corrected chi connectivity index (χ0v) is 29.7. The average Bonchev–Trinajstić information content (AvgIpc) is 3.52. The Morgan fingerprint density at radius 1 is 0.843 bits per heavy atom. The van der Waals surface area contributed by atoms with Crippen LogP contribution in [0.5, 0.6) is 17.2 Å². The highest BCUT2D eigenvalue weighted by atomic mass is 16.5. The number of carboxylic acids is 1. The first-order valence-corrected chi connectivity index (χ1v) is 17.8. The summed E-state index contributed by atoms with van der Waals surface area (Å²) in [6.45, 7) is 9.84. The van der Waals surface area contributed by atoms with Gasteiger partial charge in [0.2, 0.25) is 0 Å². The molecule has 266 valence electrons. The van der Waals surface area contributed by atoms with Crippen LogP contribution in [0.15, 0.2) is 97.2 Å². The van der Waals surface area contributed by atoms with E-state index in [1.54, 1.807) is 19.2 Å². The van der Waals surface area contributed by atoms with Crippen LogP contribution in [0, 0.1) is 6.92 Å². The number of anilines is 1. The summed E-state index contributed by atoms with van der Waals surface area (Å²) in [6.07, 6.45) is 2.93. The van der Waals surface area contributed by atoms with Gasteiger partial charge in [-0.3, -0.25) is 14.5 Å². The van der Waals surface area contributed by atoms with E-state index in [2.05, 4.69) is 53.1 Å². The number of carbonyl (C=O) groups is 2. The Morgan fingerprint density at radius 2 is 1.59 bits per heavy atom. The molecule has 9 nitrogen and oxygen atoms in total. The normalized spacial score (nSPS) is 14.0. The maximum absolute atomic E-state index is 13.9. The van der Waals surface area contributed by atoms with Gasteiger partial charge in [0.1, 0.15) is 11.9 Å². The molecular weight excluding hydrogens is 642 g/mol. The van der Waals surface area contributed by atoms with E-state index in [-0.39, 0.29) is 18.3 Å². The number of ketones is 1. The van der Waals surface area contributed by atoms with Crippen LogP contribution in [0.2, 0.25) is 0 Å². The average molecular weight is 690 g/mol. The zero-order chi connectivity index (χ0) is 35.7. The second kappa shape index (κ2) is 16.6. The largest absolute Gasteiger partial charge is 0.493 e. The van der Waals surface area contributed by atoms with Crippen LogP contribution in [0.1, 0.15) is 59.3 Å². The van der Waals surface area contributed by atoms with Gasteiger partial charge in [-0.15, -0.1) is 0 Å². The molecule has 0 bridgehead atoms. The van der Waals surface area contributed by atoms with E-state index in [0.717, 1.165) is 67.0 Å². The first-order valence-electron chi connectivity index (χ1n) is 17.8. The number of aliphatic carboxylic acids is 1. The minimum absolute atomic E-state index is 0.0681. The minimum atomic E-state index is -0.833. The van der Waals surface area contributed by atoms with E-state index in [4.69, 9.17) is 19.3 Å². The molecule has 1 N–H and O–H groups in total. The van der Waals surface area contributed by atoms with Crippen LogP contribution >= 0.6 is 0 Å². The number of para-hydroxylation sites is 3. The van der Waals surface area contributed by atoms with Gasteiger partial charge in [-0.2, -0.15) is 0 Å². The Labute approximate surface area is 300 Å². The highest BCUT2D eigenvalue weighted by Gasteiger charge is 2.24. The van der Waals surface area contributed by atoms with Gasteiger partial charge in [-0.25, -0.2) is 0 Å². The summed E-state index contributed by atoms with van der Waals surface area (Å²) in [5.74, 6) is 1.03. The topological polar surface area (TPSA) is 93.5 Å². The number of rotatable bonds is 16. The van der Waals surface area contributed by atoms with Crippen LogP contribution < -0.4 is 19.1 Å². The molecule has 1 aliphatic rings. The smallest absolute Gasteiger partial charge is 0.303 e. The molecule has 0 aliphatic carbocycles. The second-order valence-electron chi connectivity index (χ2n) is 13.0. The number of hydrogen-bond donors (Lipinski definition) is 1. The third-order valence-electron chi connectivity index (χ3n) is 9.55. The van der Waals surface area contributed by atoms with Gasteiger partial charge in [-0.1, -0.05) is 60.2 Å². The Morgan fingerprint density at radius 3 is 2.33 bits per heavy atom. The van der Waals surface area contributed by atoms with Crippen molar-refractivity contribution in [3.63, 3.8) is 0 Å². The molecule has 1 aromatic heterocycles. The summed E-state index contributed by atoms with van der Waals surface area (Å²) in [7, 11) is 1.59. The van der Waals surface area contributed by atoms with Crippen molar-refractivity contribution in [3.8, 4) is 17.2 Å². The molecule has 0 spiro atoms. The lowest BCUT2D eigenvalue weighted by Gasteiger charge is -2.37. The van der Waals surface area contributed by atoms with Crippen molar-refractivity contribution in [2.45, 2.75) is 45.8 Å². The number of carbonyl (C=O) groups excluding carboxylic acids is 1. The van der Waals surface area contributed by atoms with Crippen LogP contribution in [-0.4, -0.2) is 72.8 Å². The predicted molar refractivity (Wildman–Crippen MR) is 201 cm³/mol. The summed E-state index contributed by atoms with van der Waals surface area (Å²) in [6, 6.07) is 29.8. The van der Waals surface area contributed by atoms with Crippen molar-refractivity contribution in [1.82, 2.24) is 9.47 Å². The Kier molecular flexibility index (Phi) is 11.6. The molecule has 9 heteroatoms. The zero-order valence-electron chi connectivity index (χ0n) is 29.7. The van der Waals surface area contributed by atoms with Crippen LogP contribution in [0.25, 0.3) is 10.9 Å². The number of hydrogen-bond acceptors (Lipinski definition) is 7. The molecule has 5 aromatic rings. The molecule has 1 atom stereocenters. The Balaban J connectivity index is 1.17. The number of ether oxygens (including phenoxy) is 3. The van der Waals surface area contributed by atoms with E-state index in [0.29, 0.717) is 42.2 Å². The van der Waals surface area contributed by atoms with Crippen molar-refractivity contribution in [3.05, 3.63) is 119 Å². The van der Waals surface area contributed by atoms with E-state index >= 15 is 0 Å². The number of carboxylic acid groups (broad SMARTS) is 1. The summed E-state index contributed by atoms with van der Waals surface area (Å²) < 4.78 is 20.4. The molecular formula is C42H47N3O6. The summed E-state index contributed by atoms with van der Waals surface area (Å²) in [5, 5.41) is 9.94. The molecule has 1 unspecified atom stereocenters. The second-order valence-corrected chi connectivity index (χ2v) is 13.0. The number of nitrogens with zero attached hydrogens (tertiary/aromatic N) is 3. The van der Waals surface area contributed by atoms with Crippen molar-refractivity contribution < 1.29 is 28.9 Å². The molecule has 6 rings (SSSR count). The molecule has 4 aromatic carbocycles. The van der Waals surface area contributed by atoms with Gasteiger partial charge < -0.3 is 28.8 Å². The SMILES string of the molecule is CCOc1ccccc1N1CCN(CCC(Oc2ccc(C(=O)c3cn(CCCC(=O)O)c4ccccc34)cc2OC)c2ccc(C)cc2)CC1. The highest BCUT2D eigenvalue weighted by molar-refractivity contribution is 6.16. The van der Waals surface area contributed by atoms with Gasteiger partial charge >= 0.3 is 5.97 Å². The molecule has 51 heavy (non-hydrogen) atoms. The minimum Gasteiger partial charge on any atom is -0.493 e. The quantitative estimate of drug-likeness (QED) is 0.105. The fourth-order valence-corrected chi connectivity index (χ4v) is 6.81. The Hall–Kier alpha value is -5.28. The van der Waals surface area contributed by atoms with Crippen molar-refractivity contribution >= 4 is 28.3 Å². The highest BCUT2D eigenvalue weighted by Crippen LogP contribution is 2.35. The first kappa shape index (κ1) is 35.5. The third-order valence-corrected chi connectivity index (χ3v) is 9.55.